The van der Waals surface area contributed by atoms with Crippen LogP contribution in [0.25, 0.3) is 0 Å². The lowest BCUT2D eigenvalue weighted by Gasteiger charge is -2.17. The van der Waals surface area contributed by atoms with Gasteiger partial charge in [-0.2, -0.15) is 0 Å². The van der Waals surface area contributed by atoms with Gasteiger partial charge in [-0.25, -0.2) is 0 Å². The standard InChI is InChI=1S/C11H16ClNO3/c1-6(5-13)9-7(12)4-8(15-2)11(16-3)10(9)14/h4,6,14H,5,13H2,1-3H3. The van der Waals surface area contributed by atoms with Crippen LogP contribution in [0.3, 0.4) is 0 Å². The van der Waals surface area contributed by atoms with E-state index in [-0.39, 0.29) is 17.4 Å². The third-order valence-corrected chi connectivity index (χ3v) is 2.79. The van der Waals surface area contributed by atoms with Crippen LogP contribution < -0.4 is 15.2 Å². The molecule has 0 aliphatic heterocycles. The minimum atomic E-state index is -0.0488. The molecule has 16 heavy (non-hydrogen) atoms. The van der Waals surface area contributed by atoms with E-state index in [1.807, 2.05) is 6.92 Å². The molecule has 0 fully saturated rings. The summed E-state index contributed by atoms with van der Waals surface area (Å²) in [6, 6.07) is 1.61. The average Bonchev–Trinajstić information content (AvgIpc) is 2.27. The molecule has 0 bridgehead atoms. The molecule has 0 saturated carbocycles. The molecule has 5 heteroatoms. The Morgan fingerprint density at radius 1 is 1.44 bits per heavy atom. The fourth-order valence-electron chi connectivity index (χ4n) is 1.55. The highest BCUT2D eigenvalue weighted by molar-refractivity contribution is 6.32. The molecule has 0 heterocycles. The first kappa shape index (κ1) is 12.9. The number of methoxy groups -OCH3 is 2. The van der Waals surface area contributed by atoms with Gasteiger partial charge in [0.25, 0.3) is 0 Å². The lowest BCUT2D eigenvalue weighted by Crippen LogP contribution is -2.10. The van der Waals surface area contributed by atoms with Gasteiger partial charge in [-0.05, 0) is 12.5 Å². The van der Waals surface area contributed by atoms with E-state index in [2.05, 4.69) is 0 Å². The Balaban J connectivity index is 3.40. The fourth-order valence-corrected chi connectivity index (χ4v) is 1.92. The quantitative estimate of drug-likeness (QED) is 0.853. The summed E-state index contributed by atoms with van der Waals surface area (Å²) < 4.78 is 10.1. The molecule has 1 aromatic carbocycles. The van der Waals surface area contributed by atoms with Crippen molar-refractivity contribution in [2.45, 2.75) is 12.8 Å². The van der Waals surface area contributed by atoms with Crippen molar-refractivity contribution in [2.24, 2.45) is 5.73 Å². The molecule has 0 aliphatic carbocycles. The number of ether oxygens (including phenoxy) is 2. The third-order valence-electron chi connectivity index (χ3n) is 2.48. The van der Waals surface area contributed by atoms with Crippen molar-refractivity contribution in [3.05, 3.63) is 16.7 Å². The number of hydrogen-bond acceptors (Lipinski definition) is 4. The largest absolute Gasteiger partial charge is 0.504 e. The van der Waals surface area contributed by atoms with E-state index in [0.29, 0.717) is 22.9 Å². The summed E-state index contributed by atoms with van der Waals surface area (Å²) >= 11 is 6.06. The van der Waals surface area contributed by atoms with Gasteiger partial charge in [0.15, 0.2) is 11.5 Å². The Labute approximate surface area is 99.9 Å². The van der Waals surface area contributed by atoms with Crippen LogP contribution in [-0.4, -0.2) is 25.9 Å². The number of phenols is 1. The van der Waals surface area contributed by atoms with Crippen molar-refractivity contribution in [3.8, 4) is 17.2 Å². The van der Waals surface area contributed by atoms with Crippen LogP contribution in [-0.2, 0) is 0 Å². The zero-order valence-electron chi connectivity index (χ0n) is 9.58. The predicted octanol–water partition coefficient (Wildman–Crippen LogP) is 2.12. The first-order valence-corrected chi connectivity index (χ1v) is 5.28. The molecule has 0 saturated heterocycles. The Morgan fingerprint density at radius 3 is 2.50 bits per heavy atom. The van der Waals surface area contributed by atoms with E-state index >= 15 is 0 Å². The summed E-state index contributed by atoms with van der Waals surface area (Å²) in [6.07, 6.45) is 0. The highest BCUT2D eigenvalue weighted by atomic mass is 35.5. The molecule has 0 spiro atoms. The highest BCUT2D eigenvalue weighted by Crippen LogP contribution is 2.45. The molecule has 1 unspecified atom stereocenters. The van der Waals surface area contributed by atoms with E-state index in [1.165, 1.54) is 14.2 Å². The predicted molar refractivity (Wildman–Crippen MR) is 63.7 cm³/mol. The van der Waals surface area contributed by atoms with Gasteiger partial charge >= 0.3 is 0 Å². The number of aromatic hydroxyl groups is 1. The van der Waals surface area contributed by atoms with Gasteiger partial charge in [0, 0.05) is 11.6 Å². The number of rotatable bonds is 4. The maximum atomic E-state index is 10.0. The average molecular weight is 246 g/mol. The zero-order valence-corrected chi connectivity index (χ0v) is 10.3. The molecular formula is C11H16ClNO3. The van der Waals surface area contributed by atoms with Gasteiger partial charge in [0.2, 0.25) is 5.75 Å². The van der Waals surface area contributed by atoms with Crippen LogP contribution in [0.1, 0.15) is 18.4 Å². The summed E-state index contributed by atoms with van der Waals surface area (Å²) in [4.78, 5) is 0. The van der Waals surface area contributed by atoms with E-state index in [9.17, 15) is 5.11 Å². The zero-order chi connectivity index (χ0) is 12.3. The van der Waals surface area contributed by atoms with Gasteiger partial charge in [0.05, 0.1) is 19.2 Å². The van der Waals surface area contributed by atoms with Gasteiger partial charge in [-0.15, -0.1) is 0 Å². The smallest absolute Gasteiger partial charge is 0.203 e. The van der Waals surface area contributed by atoms with Crippen molar-refractivity contribution in [2.75, 3.05) is 20.8 Å². The summed E-state index contributed by atoms with van der Waals surface area (Å²) in [5.41, 5.74) is 6.15. The fraction of sp³-hybridized carbons (Fsp3) is 0.455. The Morgan fingerprint density at radius 2 is 2.06 bits per heavy atom. The minimum absolute atomic E-state index is 0.00944. The first-order chi connectivity index (χ1) is 7.56. The molecule has 0 aromatic heterocycles. The summed E-state index contributed by atoms with van der Waals surface area (Å²) in [7, 11) is 2.95. The minimum Gasteiger partial charge on any atom is -0.504 e. The number of benzene rings is 1. The molecule has 1 atom stereocenters. The molecule has 0 radical (unpaired) electrons. The van der Waals surface area contributed by atoms with E-state index in [4.69, 9.17) is 26.8 Å². The van der Waals surface area contributed by atoms with E-state index < -0.39 is 0 Å². The maximum absolute atomic E-state index is 10.0. The van der Waals surface area contributed by atoms with Crippen LogP contribution in [0.4, 0.5) is 0 Å². The van der Waals surface area contributed by atoms with Gasteiger partial charge in [-0.3, -0.25) is 0 Å². The first-order valence-electron chi connectivity index (χ1n) is 4.90. The van der Waals surface area contributed by atoms with Crippen LogP contribution >= 0.6 is 11.6 Å². The van der Waals surface area contributed by atoms with Gasteiger partial charge in [-0.1, -0.05) is 18.5 Å². The van der Waals surface area contributed by atoms with E-state index in [1.54, 1.807) is 6.07 Å². The second kappa shape index (κ2) is 5.27. The number of halogens is 1. The molecule has 3 N–H and O–H groups in total. The van der Waals surface area contributed by atoms with Gasteiger partial charge in [0.1, 0.15) is 0 Å². The Kier molecular flexibility index (Phi) is 4.26. The SMILES string of the molecule is COc1cc(Cl)c(C(C)CN)c(O)c1OC. The third kappa shape index (κ3) is 2.18. The lowest BCUT2D eigenvalue weighted by atomic mass is 9.99. The molecule has 0 amide bonds. The molecule has 1 aromatic rings. The molecular weight excluding hydrogens is 230 g/mol. The van der Waals surface area contributed by atoms with Crippen LogP contribution in [0, 0.1) is 0 Å². The monoisotopic (exact) mass is 245 g/mol. The van der Waals surface area contributed by atoms with Crippen LogP contribution in [0.2, 0.25) is 5.02 Å². The summed E-state index contributed by atoms with van der Waals surface area (Å²) in [5, 5.41) is 10.5. The second-order valence-electron chi connectivity index (χ2n) is 3.49. The summed E-state index contributed by atoms with van der Waals surface area (Å²) in [5.74, 6) is 0.622. The Hall–Kier alpha value is -1.13. The highest BCUT2D eigenvalue weighted by Gasteiger charge is 2.21. The number of nitrogens with two attached hydrogens (primary N) is 1. The van der Waals surface area contributed by atoms with Crippen LogP contribution in [0.15, 0.2) is 6.07 Å². The van der Waals surface area contributed by atoms with Gasteiger partial charge < -0.3 is 20.3 Å². The van der Waals surface area contributed by atoms with Crippen molar-refractivity contribution >= 4 is 11.6 Å². The number of hydrogen-bond donors (Lipinski definition) is 2. The second-order valence-corrected chi connectivity index (χ2v) is 3.90. The van der Waals surface area contributed by atoms with Crippen molar-refractivity contribution in [1.82, 2.24) is 0 Å². The van der Waals surface area contributed by atoms with Crippen molar-refractivity contribution < 1.29 is 14.6 Å². The van der Waals surface area contributed by atoms with Crippen molar-refractivity contribution in [1.29, 1.82) is 0 Å². The van der Waals surface area contributed by atoms with Crippen molar-refractivity contribution in [3.63, 3.8) is 0 Å². The molecule has 0 aliphatic rings. The number of phenolic OH excluding ortho intramolecular Hbond substituents is 1. The Bertz CT molecular complexity index is 382. The maximum Gasteiger partial charge on any atom is 0.203 e. The van der Waals surface area contributed by atoms with E-state index in [0.717, 1.165) is 0 Å². The molecule has 1 rings (SSSR count). The molecule has 4 nitrogen and oxygen atoms in total. The normalized spacial score (nSPS) is 12.3. The molecule has 90 valence electrons. The summed E-state index contributed by atoms with van der Waals surface area (Å²) in [6.45, 7) is 2.27. The van der Waals surface area contributed by atoms with Crippen LogP contribution in [0.5, 0.6) is 17.2 Å². The lowest BCUT2D eigenvalue weighted by molar-refractivity contribution is 0.330. The topological polar surface area (TPSA) is 64.7 Å².